The number of aryl methyl sites for hydroxylation is 2. The number of carbonyl (C=O) groups excluding carboxylic acids is 1. The summed E-state index contributed by atoms with van der Waals surface area (Å²) in [7, 11) is 5.11. The summed E-state index contributed by atoms with van der Waals surface area (Å²) in [6.07, 6.45) is 5.98. The molecule has 3 rings (SSSR count). The highest BCUT2D eigenvalue weighted by Gasteiger charge is 2.20. The number of carbonyl (C=O) groups is 1. The van der Waals surface area contributed by atoms with Gasteiger partial charge in [0.25, 0.3) is 5.91 Å². The van der Waals surface area contributed by atoms with E-state index in [2.05, 4.69) is 6.07 Å². The molecule has 0 radical (unpaired) electrons. The van der Waals surface area contributed by atoms with Crippen LogP contribution in [-0.2, 0) is 19.4 Å². The van der Waals surface area contributed by atoms with Crippen molar-refractivity contribution in [2.75, 3.05) is 21.3 Å². The minimum atomic E-state index is 0.0796. The van der Waals surface area contributed by atoms with Crippen molar-refractivity contribution in [3.63, 3.8) is 0 Å². The molecule has 0 unspecified atom stereocenters. The van der Waals surface area contributed by atoms with Crippen LogP contribution in [0, 0.1) is 0 Å². The molecule has 0 spiro atoms. The topological polar surface area (TPSA) is 38.8 Å². The number of amides is 1. The number of nitrogens with zero attached hydrogens (tertiary/aromatic N) is 1. The molecule has 1 aliphatic rings. The second-order valence-electron chi connectivity index (χ2n) is 6.46. The van der Waals surface area contributed by atoms with Crippen LogP contribution in [0.3, 0.4) is 0 Å². The quantitative estimate of drug-likeness (QED) is 0.747. The number of hydrogen-bond donors (Lipinski definition) is 0. The summed E-state index contributed by atoms with van der Waals surface area (Å²) >= 11 is 1.67. The molecule has 0 N–H and O–H groups in total. The molecule has 5 heteroatoms. The largest absolute Gasteiger partial charge is 0.497 e. The Morgan fingerprint density at radius 3 is 2.68 bits per heavy atom. The maximum atomic E-state index is 12.8. The van der Waals surface area contributed by atoms with Crippen molar-refractivity contribution in [1.29, 1.82) is 0 Å². The number of benzene rings is 1. The van der Waals surface area contributed by atoms with Crippen molar-refractivity contribution in [2.45, 2.75) is 38.6 Å². The lowest BCUT2D eigenvalue weighted by Crippen LogP contribution is -2.25. The first-order valence-electron chi connectivity index (χ1n) is 8.70. The van der Waals surface area contributed by atoms with E-state index < -0.39 is 0 Å². The fourth-order valence-electron chi connectivity index (χ4n) is 3.27. The molecule has 25 heavy (non-hydrogen) atoms. The van der Waals surface area contributed by atoms with E-state index in [1.165, 1.54) is 29.7 Å². The van der Waals surface area contributed by atoms with Gasteiger partial charge in [-0.15, -0.1) is 11.3 Å². The van der Waals surface area contributed by atoms with Gasteiger partial charge in [0.15, 0.2) is 0 Å². The zero-order valence-electron chi connectivity index (χ0n) is 15.1. The molecule has 134 valence electrons. The van der Waals surface area contributed by atoms with Gasteiger partial charge in [0.2, 0.25) is 0 Å². The maximum absolute atomic E-state index is 12.8. The number of fused-ring (bicyclic) bond motifs is 1. The summed E-state index contributed by atoms with van der Waals surface area (Å²) in [5.41, 5.74) is 2.35. The Bertz CT molecular complexity index is 730. The highest BCUT2D eigenvalue weighted by atomic mass is 32.1. The van der Waals surface area contributed by atoms with Gasteiger partial charge >= 0.3 is 0 Å². The zero-order valence-corrected chi connectivity index (χ0v) is 15.9. The fraction of sp³-hybridized carbons (Fsp3) is 0.450. The van der Waals surface area contributed by atoms with Crippen LogP contribution in [0.15, 0.2) is 24.3 Å². The SMILES string of the molecule is COc1ccc(CN(C)C(=O)c2cc3c(s2)CCCCC3)c(OC)c1. The first kappa shape index (κ1) is 17.8. The lowest BCUT2D eigenvalue weighted by atomic mass is 10.1. The minimum absolute atomic E-state index is 0.0796. The molecule has 2 aromatic rings. The van der Waals surface area contributed by atoms with Gasteiger partial charge in [-0.25, -0.2) is 0 Å². The molecule has 4 nitrogen and oxygen atoms in total. The first-order chi connectivity index (χ1) is 12.1. The molecule has 1 aromatic carbocycles. The predicted molar refractivity (Wildman–Crippen MR) is 101 cm³/mol. The molecule has 1 aromatic heterocycles. The average Bonchev–Trinajstić information content (AvgIpc) is 2.91. The van der Waals surface area contributed by atoms with Crippen LogP contribution in [0.1, 0.15) is 44.9 Å². The number of methoxy groups -OCH3 is 2. The Hall–Kier alpha value is -2.01. The van der Waals surface area contributed by atoms with Crippen LogP contribution in [0.25, 0.3) is 0 Å². The molecule has 0 bridgehead atoms. The van der Waals surface area contributed by atoms with Gasteiger partial charge < -0.3 is 14.4 Å². The molecule has 0 saturated heterocycles. The standard InChI is InChI=1S/C20H25NO3S/c1-21(13-15-9-10-16(23-2)12-17(15)24-3)20(22)19-11-14-7-5-4-6-8-18(14)25-19/h9-12H,4-8,13H2,1-3H3. The first-order valence-corrected chi connectivity index (χ1v) is 9.52. The number of hydrogen-bond acceptors (Lipinski definition) is 4. The Morgan fingerprint density at radius 1 is 1.12 bits per heavy atom. The Balaban J connectivity index is 1.75. The monoisotopic (exact) mass is 359 g/mol. The van der Waals surface area contributed by atoms with E-state index in [4.69, 9.17) is 9.47 Å². The Labute approximate surface area is 153 Å². The molecule has 0 fully saturated rings. The third-order valence-electron chi connectivity index (χ3n) is 4.71. The molecule has 1 amide bonds. The molecule has 1 heterocycles. The fourth-order valence-corrected chi connectivity index (χ4v) is 4.52. The smallest absolute Gasteiger partial charge is 0.263 e. The number of rotatable bonds is 5. The van der Waals surface area contributed by atoms with Crippen LogP contribution in [0.2, 0.25) is 0 Å². The van der Waals surface area contributed by atoms with E-state index in [9.17, 15) is 4.79 Å². The lowest BCUT2D eigenvalue weighted by molar-refractivity contribution is 0.0789. The molecule has 0 saturated carbocycles. The van der Waals surface area contributed by atoms with E-state index in [1.807, 2.05) is 25.2 Å². The van der Waals surface area contributed by atoms with Gasteiger partial charge in [0.05, 0.1) is 19.1 Å². The molecule has 0 atom stereocenters. The van der Waals surface area contributed by atoms with E-state index in [0.29, 0.717) is 6.54 Å². The van der Waals surface area contributed by atoms with E-state index >= 15 is 0 Å². The van der Waals surface area contributed by atoms with Crippen molar-refractivity contribution >= 4 is 17.2 Å². The van der Waals surface area contributed by atoms with Gasteiger partial charge in [-0.3, -0.25) is 4.79 Å². The molecular formula is C20H25NO3S. The van der Waals surface area contributed by atoms with Crippen molar-refractivity contribution in [2.24, 2.45) is 0 Å². The third-order valence-corrected chi connectivity index (χ3v) is 5.93. The van der Waals surface area contributed by atoms with Gasteiger partial charge in [-0.2, -0.15) is 0 Å². The van der Waals surface area contributed by atoms with Crippen molar-refractivity contribution in [1.82, 2.24) is 4.90 Å². The van der Waals surface area contributed by atoms with Gasteiger partial charge in [0.1, 0.15) is 11.5 Å². The molecular weight excluding hydrogens is 334 g/mol. The Kier molecular flexibility index (Phi) is 5.63. The van der Waals surface area contributed by atoms with Crippen molar-refractivity contribution in [3.05, 3.63) is 45.1 Å². The van der Waals surface area contributed by atoms with Crippen LogP contribution in [0.4, 0.5) is 0 Å². The highest BCUT2D eigenvalue weighted by Crippen LogP contribution is 2.30. The predicted octanol–water partition coefficient (Wildman–Crippen LogP) is 4.31. The van der Waals surface area contributed by atoms with E-state index in [-0.39, 0.29) is 5.91 Å². The van der Waals surface area contributed by atoms with Gasteiger partial charge in [-0.05, 0) is 49.4 Å². The zero-order chi connectivity index (χ0) is 17.8. The summed E-state index contributed by atoms with van der Waals surface area (Å²) in [5.74, 6) is 1.56. The summed E-state index contributed by atoms with van der Waals surface area (Å²) in [5, 5.41) is 0. The lowest BCUT2D eigenvalue weighted by Gasteiger charge is -2.18. The minimum Gasteiger partial charge on any atom is -0.497 e. The van der Waals surface area contributed by atoms with Gasteiger partial charge in [0, 0.05) is 30.1 Å². The van der Waals surface area contributed by atoms with Crippen LogP contribution in [0.5, 0.6) is 11.5 Å². The summed E-state index contributed by atoms with van der Waals surface area (Å²) < 4.78 is 10.7. The summed E-state index contributed by atoms with van der Waals surface area (Å²) in [6.45, 7) is 0.508. The average molecular weight is 359 g/mol. The highest BCUT2D eigenvalue weighted by molar-refractivity contribution is 7.14. The molecule has 1 aliphatic carbocycles. The van der Waals surface area contributed by atoms with Gasteiger partial charge in [-0.1, -0.05) is 6.42 Å². The van der Waals surface area contributed by atoms with Crippen molar-refractivity contribution in [3.8, 4) is 11.5 Å². The maximum Gasteiger partial charge on any atom is 0.263 e. The molecule has 0 aliphatic heterocycles. The third kappa shape index (κ3) is 3.98. The van der Waals surface area contributed by atoms with Crippen LogP contribution in [-0.4, -0.2) is 32.1 Å². The number of thiophene rings is 1. The number of ether oxygens (including phenoxy) is 2. The Morgan fingerprint density at radius 2 is 1.92 bits per heavy atom. The van der Waals surface area contributed by atoms with E-state index in [1.54, 1.807) is 30.5 Å². The van der Waals surface area contributed by atoms with Crippen LogP contribution < -0.4 is 9.47 Å². The van der Waals surface area contributed by atoms with Crippen LogP contribution >= 0.6 is 11.3 Å². The summed E-state index contributed by atoms with van der Waals surface area (Å²) in [6, 6.07) is 7.80. The normalized spacial score (nSPS) is 13.7. The summed E-state index contributed by atoms with van der Waals surface area (Å²) in [4.78, 5) is 16.9. The van der Waals surface area contributed by atoms with E-state index in [0.717, 1.165) is 34.8 Å². The van der Waals surface area contributed by atoms with Crippen molar-refractivity contribution < 1.29 is 14.3 Å². The second kappa shape index (κ2) is 7.91. The second-order valence-corrected chi connectivity index (χ2v) is 7.60.